The highest BCUT2D eigenvalue weighted by Crippen LogP contribution is 2.11. The second-order valence-electron chi connectivity index (χ2n) is 12.6. The number of nitrogens with zero attached hydrogens (tertiary/aromatic N) is 1. The Morgan fingerprint density at radius 1 is 0.750 bits per heavy atom. The molecule has 2 atom stereocenters. The molecule has 0 saturated carbocycles. The lowest BCUT2D eigenvalue weighted by molar-refractivity contribution is -0.122. The fourth-order valence-corrected chi connectivity index (χ4v) is 3.16. The molecule has 0 spiro atoms. The van der Waals surface area contributed by atoms with Crippen molar-refractivity contribution in [1.82, 2.24) is 20.9 Å². The second-order valence-corrected chi connectivity index (χ2v) is 12.6. The zero-order chi connectivity index (χ0) is 31.1. The highest BCUT2D eigenvalue weighted by molar-refractivity contribution is 5.81. The lowest BCUT2D eigenvalue weighted by Crippen LogP contribution is -2.46. The van der Waals surface area contributed by atoms with Crippen LogP contribution in [-0.4, -0.2) is 95.9 Å². The lowest BCUT2D eigenvalue weighted by Gasteiger charge is -2.29. The van der Waals surface area contributed by atoms with Crippen molar-refractivity contribution in [1.29, 1.82) is 0 Å². The number of nitrogens with two attached hydrogens (primary N) is 1. The van der Waals surface area contributed by atoms with Crippen molar-refractivity contribution in [2.75, 3.05) is 32.7 Å². The highest BCUT2D eigenvalue weighted by Gasteiger charge is 2.25. The second kappa shape index (κ2) is 17.1. The van der Waals surface area contributed by atoms with Gasteiger partial charge in [0.1, 0.15) is 16.8 Å². The number of carbonyl (C=O) groups is 4. The molecule has 0 aliphatic carbocycles. The van der Waals surface area contributed by atoms with Gasteiger partial charge in [-0.25, -0.2) is 14.4 Å². The minimum absolute atomic E-state index is 0.0878. The van der Waals surface area contributed by atoms with E-state index in [4.69, 9.17) is 19.9 Å². The van der Waals surface area contributed by atoms with Crippen LogP contribution in [0.5, 0.6) is 0 Å². The molecule has 0 bridgehead atoms. The van der Waals surface area contributed by atoms with E-state index in [-0.39, 0.29) is 32.1 Å². The Balaban J connectivity index is 4.55. The number of ether oxygens (including phenoxy) is 3. The van der Waals surface area contributed by atoms with E-state index in [9.17, 15) is 24.3 Å². The molecule has 0 aromatic heterocycles. The molecular formula is C27H53N5O8. The van der Waals surface area contributed by atoms with Crippen LogP contribution in [0.2, 0.25) is 0 Å². The summed E-state index contributed by atoms with van der Waals surface area (Å²) in [6, 6.07) is -0.704. The van der Waals surface area contributed by atoms with Crippen molar-refractivity contribution in [3.05, 3.63) is 0 Å². The molecule has 0 aliphatic heterocycles. The van der Waals surface area contributed by atoms with Gasteiger partial charge in [-0.2, -0.15) is 0 Å². The Morgan fingerprint density at radius 3 is 1.77 bits per heavy atom. The van der Waals surface area contributed by atoms with E-state index in [2.05, 4.69) is 16.0 Å². The van der Waals surface area contributed by atoms with Gasteiger partial charge in [0.05, 0.1) is 18.7 Å². The van der Waals surface area contributed by atoms with Crippen molar-refractivity contribution >= 4 is 24.2 Å². The van der Waals surface area contributed by atoms with Gasteiger partial charge in [0.2, 0.25) is 5.91 Å². The van der Waals surface area contributed by atoms with Crippen LogP contribution < -0.4 is 21.7 Å². The molecule has 13 nitrogen and oxygen atoms in total. The first-order valence-corrected chi connectivity index (χ1v) is 13.8. The van der Waals surface area contributed by atoms with Gasteiger partial charge in [0, 0.05) is 26.2 Å². The summed E-state index contributed by atoms with van der Waals surface area (Å²) in [6.45, 7) is 16.4. The van der Waals surface area contributed by atoms with E-state index in [1.165, 1.54) is 4.90 Å². The third-order valence-electron chi connectivity index (χ3n) is 4.81. The molecule has 0 saturated heterocycles. The average molecular weight is 576 g/mol. The van der Waals surface area contributed by atoms with Gasteiger partial charge in [-0.3, -0.25) is 4.79 Å². The van der Waals surface area contributed by atoms with Gasteiger partial charge in [-0.15, -0.1) is 0 Å². The van der Waals surface area contributed by atoms with Crippen molar-refractivity contribution in [2.45, 2.75) is 117 Å². The van der Waals surface area contributed by atoms with Crippen LogP contribution in [0.3, 0.4) is 0 Å². The normalized spacial score (nSPS) is 13.5. The van der Waals surface area contributed by atoms with Crippen LogP contribution in [0, 0.1) is 0 Å². The van der Waals surface area contributed by atoms with E-state index < -0.39 is 47.2 Å². The minimum atomic E-state index is -1.06. The first-order chi connectivity index (χ1) is 18.2. The van der Waals surface area contributed by atoms with Gasteiger partial charge >= 0.3 is 18.3 Å². The van der Waals surface area contributed by atoms with Crippen LogP contribution in [0.4, 0.5) is 14.4 Å². The smallest absolute Gasteiger partial charge is 0.410 e. The third-order valence-corrected chi connectivity index (χ3v) is 4.81. The summed E-state index contributed by atoms with van der Waals surface area (Å²) in [5, 5.41) is 18.3. The molecule has 0 aromatic rings. The van der Waals surface area contributed by atoms with E-state index in [0.717, 1.165) is 0 Å². The van der Waals surface area contributed by atoms with Crippen LogP contribution in [0.25, 0.3) is 0 Å². The fourth-order valence-electron chi connectivity index (χ4n) is 3.16. The molecule has 6 N–H and O–H groups in total. The number of carbonyl (C=O) groups excluding carboxylic acids is 4. The predicted octanol–water partition coefficient (Wildman–Crippen LogP) is 2.64. The summed E-state index contributed by atoms with van der Waals surface area (Å²) in [4.78, 5) is 49.8. The Bertz CT molecular complexity index is 802. The fraction of sp³-hybridized carbons (Fsp3) is 0.852. The molecule has 0 aliphatic rings. The minimum Gasteiger partial charge on any atom is -0.444 e. The van der Waals surface area contributed by atoms with E-state index in [0.29, 0.717) is 32.2 Å². The Hall–Kier alpha value is -2.80. The number of rotatable bonds is 14. The molecule has 13 heteroatoms. The highest BCUT2D eigenvalue weighted by atomic mass is 16.6. The standard InChI is InChI=1S/C27H53N5O8/c1-25(2,3)38-22(35)30-14-11-10-13-20(28)21(34)29-15-12-16-32(24(37)40-27(7,8)9)18-19(33)17-31-23(36)39-26(4,5)6/h19-20,33H,10-18,28H2,1-9H3,(H,29,34)(H,30,35)(H,31,36)/t19-,20+/m1/s1. The number of nitrogens with one attached hydrogen (secondary N) is 3. The molecule has 0 unspecified atom stereocenters. The van der Waals surface area contributed by atoms with Crippen molar-refractivity contribution in [3.8, 4) is 0 Å². The number of hydrogen-bond donors (Lipinski definition) is 5. The Labute approximate surface area is 239 Å². The maximum atomic E-state index is 12.7. The van der Waals surface area contributed by atoms with E-state index in [1.807, 2.05) is 0 Å². The maximum absolute atomic E-state index is 12.7. The number of unbranched alkanes of at least 4 members (excludes halogenated alkanes) is 1. The zero-order valence-electron chi connectivity index (χ0n) is 25.8. The Morgan fingerprint density at radius 2 is 1.25 bits per heavy atom. The number of aliphatic hydroxyl groups excluding tert-OH is 1. The van der Waals surface area contributed by atoms with Crippen LogP contribution >= 0.6 is 0 Å². The van der Waals surface area contributed by atoms with Gasteiger partial charge in [0.25, 0.3) is 0 Å². The third kappa shape index (κ3) is 21.1. The summed E-state index contributed by atoms with van der Waals surface area (Å²) in [7, 11) is 0. The average Bonchev–Trinajstić information content (AvgIpc) is 2.75. The first kappa shape index (κ1) is 37.2. The molecule has 0 aromatic carbocycles. The van der Waals surface area contributed by atoms with Crippen molar-refractivity contribution in [2.24, 2.45) is 5.73 Å². The van der Waals surface area contributed by atoms with Crippen LogP contribution in [0.1, 0.15) is 88.0 Å². The molecule has 0 radical (unpaired) electrons. The molecule has 0 rings (SSSR count). The summed E-state index contributed by atoms with van der Waals surface area (Å²) >= 11 is 0. The number of amides is 4. The SMILES string of the molecule is CC(C)(C)OC(=O)NCCCC[C@H](N)C(=O)NCCCN(C[C@H](O)CNC(=O)OC(C)(C)C)C(=O)OC(C)(C)C. The first-order valence-electron chi connectivity index (χ1n) is 13.8. The summed E-state index contributed by atoms with van der Waals surface area (Å²) in [5.74, 6) is -0.314. The van der Waals surface area contributed by atoms with Crippen LogP contribution in [-0.2, 0) is 19.0 Å². The van der Waals surface area contributed by atoms with E-state index >= 15 is 0 Å². The van der Waals surface area contributed by atoms with Gasteiger partial charge in [-0.1, -0.05) is 0 Å². The Kier molecular flexibility index (Phi) is 15.9. The molecule has 40 heavy (non-hydrogen) atoms. The van der Waals surface area contributed by atoms with Gasteiger partial charge < -0.3 is 45.9 Å². The summed E-state index contributed by atoms with van der Waals surface area (Å²) in [5.41, 5.74) is 4.00. The molecular weight excluding hydrogens is 522 g/mol. The van der Waals surface area contributed by atoms with E-state index in [1.54, 1.807) is 62.3 Å². The van der Waals surface area contributed by atoms with Crippen molar-refractivity contribution in [3.63, 3.8) is 0 Å². The van der Waals surface area contributed by atoms with Crippen LogP contribution in [0.15, 0.2) is 0 Å². The predicted molar refractivity (Wildman–Crippen MR) is 152 cm³/mol. The zero-order valence-corrected chi connectivity index (χ0v) is 25.8. The largest absolute Gasteiger partial charge is 0.444 e. The van der Waals surface area contributed by atoms with Gasteiger partial charge in [0.15, 0.2) is 0 Å². The summed E-state index contributed by atoms with van der Waals surface area (Å²) < 4.78 is 15.7. The lowest BCUT2D eigenvalue weighted by atomic mass is 10.1. The maximum Gasteiger partial charge on any atom is 0.410 e. The monoisotopic (exact) mass is 575 g/mol. The molecule has 4 amide bonds. The molecule has 0 heterocycles. The van der Waals surface area contributed by atoms with Gasteiger partial charge in [-0.05, 0) is 88.0 Å². The number of hydrogen-bond acceptors (Lipinski definition) is 9. The topological polar surface area (TPSA) is 182 Å². The molecule has 234 valence electrons. The number of alkyl carbamates (subject to hydrolysis) is 2. The quantitative estimate of drug-likeness (QED) is 0.154. The molecule has 0 fully saturated rings. The summed E-state index contributed by atoms with van der Waals surface area (Å²) in [6.07, 6.45) is -0.704. The number of aliphatic hydroxyl groups is 1. The van der Waals surface area contributed by atoms with Crippen molar-refractivity contribution < 1.29 is 38.5 Å².